The van der Waals surface area contributed by atoms with Crippen LogP contribution in [0.3, 0.4) is 0 Å². The number of aliphatic carboxylic acids is 1. The predicted molar refractivity (Wildman–Crippen MR) is 114 cm³/mol. The molecule has 1 N–H and O–H groups in total. The highest BCUT2D eigenvalue weighted by molar-refractivity contribution is 5.82. The van der Waals surface area contributed by atoms with E-state index in [4.69, 9.17) is 0 Å². The quantitative estimate of drug-likeness (QED) is 0.577. The number of carboxylic acids is 1. The van der Waals surface area contributed by atoms with Crippen molar-refractivity contribution in [2.24, 2.45) is 5.41 Å². The summed E-state index contributed by atoms with van der Waals surface area (Å²) in [5, 5.41) is 9.97. The molecule has 146 valence electrons. The average Bonchev–Trinajstić information content (AvgIpc) is 2.58. The summed E-state index contributed by atoms with van der Waals surface area (Å²) in [4.78, 5) is 12.1. The van der Waals surface area contributed by atoms with Gasteiger partial charge in [-0.3, -0.25) is 4.79 Å². The summed E-state index contributed by atoms with van der Waals surface area (Å²) in [6.07, 6.45) is 4.04. The Morgan fingerprint density at radius 3 is 2.37 bits per heavy atom. The van der Waals surface area contributed by atoms with Gasteiger partial charge in [-0.2, -0.15) is 0 Å². The van der Waals surface area contributed by atoms with Crippen LogP contribution in [0.15, 0.2) is 36.4 Å². The van der Waals surface area contributed by atoms with Crippen molar-refractivity contribution in [3.05, 3.63) is 58.7 Å². The molecule has 0 heterocycles. The Morgan fingerprint density at radius 1 is 1.07 bits per heavy atom. The van der Waals surface area contributed by atoms with E-state index in [0.717, 1.165) is 28.7 Å². The van der Waals surface area contributed by atoms with Gasteiger partial charge in [0.05, 0.1) is 5.92 Å². The third kappa shape index (κ3) is 5.45. The Kier molecular flexibility index (Phi) is 6.86. The molecule has 0 fully saturated rings. The van der Waals surface area contributed by atoms with Crippen molar-refractivity contribution in [3.63, 3.8) is 0 Å². The largest absolute Gasteiger partial charge is 0.481 e. The number of carbonyl (C=O) groups is 1. The van der Waals surface area contributed by atoms with Gasteiger partial charge >= 0.3 is 5.97 Å². The topological polar surface area (TPSA) is 37.3 Å². The first-order valence-electron chi connectivity index (χ1n) is 10.1. The van der Waals surface area contributed by atoms with Crippen LogP contribution in [0.2, 0.25) is 0 Å². The fraction of sp³-hybridized carbons (Fsp3) is 0.480. The van der Waals surface area contributed by atoms with E-state index in [-0.39, 0.29) is 5.41 Å². The van der Waals surface area contributed by atoms with Gasteiger partial charge in [-0.1, -0.05) is 70.5 Å². The molecule has 0 spiro atoms. The Bertz CT molecular complexity index is 796. The number of benzene rings is 2. The third-order valence-corrected chi connectivity index (χ3v) is 5.23. The maximum atomic E-state index is 12.1. The Hall–Kier alpha value is -2.09. The third-order valence-electron chi connectivity index (χ3n) is 5.23. The van der Waals surface area contributed by atoms with Crippen LogP contribution in [0.25, 0.3) is 11.1 Å². The zero-order valence-electron chi connectivity index (χ0n) is 17.7. The highest BCUT2D eigenvalue weighted by Crippen LogP contribution is 2.38. The van der Waals surface area contributed by atoms with E-state index in [1.54, 1.807) is 0 Å². The summed E-state index contributed by atoms with van der Waals surface area (Å²) in [7, 11) is 0. The Labute approximate surface area is 164 Å². The first-order chi connectivity index (χ1) is 12.6. The lowest BCUT2D eigenvalue weighted by Crippen LogP contribution is -2.20. The summed E-state index contributed by atoms with van der Waals surface area (Å²) in [6, 6.07) is 12.7. The number of carboxylic acid groups (broad SMARTS) is 1. The molecule has 0 aromatic heterocycles. The van der Waals surface area contributed by atoms with E-state index in [0.29, 0.717) is 6.42 Å². The lowest BCUT2D eigenvalue weighted by atomic mass is 9.78. The molecule has 0 bridgehead atoms. The van der Waals surface area contributed by atoms with Crippen LogP contribution in [0.5, 0.6) is 0 Å². The van der Waals surface area contributed by atoms with Crippen molar-refractivity contribution < 1.29 is 9.90 Å². The van der Waals surface area contributed by atoms with Crippen molar-refractivity contribution in [1.82, 2.24) is 0 Å². The summed E-state index contributed by atoms with van der Waals surface area (Å²) in [6.45, 7) is 12.8. The monoisotopic (exact) mass is 366 g/mol. The Morgan fingerprint density at radius 2 is 1.78 bits per heavy atom. The molecule has 27 heavy (non-hydrogen) atoms. The molecule has 2 heteroatoms. The Balaban J connectivity index is 2.59. The molecule has 2 aromatic carbocycles. The van der Waals surface area contributed by atoms with Crippen LogP contribution in [0.1, 0.15) is 75.1 Å². The molecule has 2 nitrogen and oxygen atoms in total. The van der Waals surface area contributed by atoms with E-state index in [9.17, 15) is 9.90 Å². The van der Waals surface area contributed by atoms with Crippen LogP contribution in [-0.4, -0.2) is 11.1 Å². The average molecular weight is 367 g/mol. The zero-order valence-corrected chi connectivity index (χ0v) is 17.7. The highest BCUT2D eigenvalue weighted by atomic mass is 16.4. The molecule has 1 unspecified atom stereocenters. The van der Waals surface area contributed by atoms with Crippen molar-refractivity contribution in [3.8, 4) is 11.1 Å². The lowest BCUT2D eigenvalue weighted by Gasteiger charge is -2.26. The molecule has 2 rings (SSSR count). The predicted octanol–water partition coefficient (Wildman–Crippen LogP) is 6.92. The van der Waals surface area contributed by atoms with Crippen molar-refractivity contribution in [1.29, 1.82) is 0 Å². The molecule has 0 amide bonds. The van der Waals surface area contributed by atoms with E-state index in [1.165, 1.54) is 24.0 Å². The molecule has 0 aliphatic carbocycles. The molecule has 2 aromatic rings. The van der Waals surface area contributed by atoms with Gasteiger partial charge in [0.1, 0.15) is 0 Å². The number of unbranched alkanes of at least 4 members (excludes halogenated alkanes) is 1. The molecule has 0 saturated carbocycles. The number of hydrogen-bond acceptors (Lipinski definition) is 1. The van der Waals surface area contributed by atoms with Crippen LogP contribution >= 0.6 is 0 Å². The van der Waals surface area contributed by atoms with Crippen LogP contribution in [0.4, 0.5) is 0 Å². The van der Waals surface area contributed by atoms with Gasteiger partial charge in [0, 0.05) is 0 Å². The SMILES string of the molecule is CCCCc1cc(-c2c(C)cccc2C(CC(C)(C)C)C(=O)O)ccc1C. The minimum absolute atomic E-state index is 0.0519. The normalized spacial score (nSPS) is 12.8. The van der Waals surface area contributed by atoms with Crippen LogP contribution < -0.4 is 0 Å². The minimum atomic E-state index is -0.741. The fourth-order valence-corrected chi connectivity index (χ4v) is 3.78. The molecule has 0 aliphatic heterocycles. The highest BCUT2D eigenvalue weighted by Gasteiger charge is 2.29. The van der Waals surface area contributed by atoms with Gasteiger partial charge in [0.2, 0.25) is 0 Å². The summed E-state index contributed by atoms with van der Waals surface area (Å²) in [5.41, 5.74) is 6.93. The lowest BCUT2D eigenvalue weighted by molar-refractivity contribution is -0.139. The van der Waals surface area contributed by atoms with Gasteiger partial charge < -0.3 is 5.11 Å². The molecule has 0 radical (unpaired) electrons. The smallest absolute Gasteiger partial charge is 0.311 e. The molecular formula is C25H34O2. The van der Waals surface area contributed by atoms with Gasteiger partial charge in [-0.15, -0.1) is 0 Å². The van der Waals surface area contributed by atoms with Crippen molar-refractivity contribution >= 4 is 5.97 Å². The maximum Gasteiger partial charge on any atom is 0.311 e. The van der Waals surface area contributed by atoms with Gasteiger partial charge in [-0.25, -0.2) is 0 Å². The molecule has 0 saturated heterocycles. The van der Waals surface area contributed by atoms with E-state index < -0.39 is 11.9 Å². The second-order valence-corrected chi connectivity index (χ2v) is 8.94. The van der Waals surface area contributed by atoms with Crippen LogP contribution in [-0.2, 0) is 11.2 Å². The summed E-state index contributed by atoms with van der Waals surface area (Å²) in [5.74, 6) is -1.24. The van der Waals surface area contributed by atoms with E-state index >= 15 is 0 Å². The zero-order chi connectivity index (χ0) is 20.2. The second kappa shape index (κ2) is 8.73. The summed E-state index contributed by atoms with van der Waals surface area (Å²) < 4.78 is 0. The van der Waals surface area contributed by atoms with E-state index in [2.05, 4.69) is 65.8 Å². The van der Waals surface area contributed by atoms with Crippen molar-refractivity contribution in [2.75, 3.05) is 0 Å². The molecular weight excluding hydrogens is 332 g/mol. The number of hydrogen-bond donors (Lipinski definition) is 1. The first-order valence-corrected chi connectivity index (χ1v) is 10.1. The fourth-order valence-electron chi connectivity index (χ4n) is 3.78. The molecule has 1 atom stereocenters. The van der Waals surface area contributed by atoms with E-state index in [1.807, 2.05) is 12.1 Å². The van der Waals surface area contributed by atoms with Gasteiger partial charge in [-0.05, 0) is 71.9 Å². The maximum absolute atomic E-state index is 12.1. The standard InChI is InChI=1S/C25H34O2/c1-7-8-11-19-15-20(14-13-17(19)2)23-18(3)10-9-12-21(23)22(24(26)27)16-25(4,5)6/h9-10,12-15,22H,7-8,11,16H2,1-6H3,(H,26,27). The van der Waals surface area contributed by atoms with Gasteiger partial charge in [0.25, 0.3) is 0 Å². The number of rotatable bonds is 7. The van der Waals surface area contributed by atoms with Gasteiger partial charge in [0.15, 0.2) is 0 Å². The number of aryl methyl sites for hydroxylation is 3. The minimum Gasteiger partial charge on any atom is -0.481 e. The first kappa shape index (κ1) is 21.2. The molecule has 0 aliphatic rings. The van der Waals surface area contributed by atoms with Crippen LogP contribution in [0, 0.1) is 19.3 Å². The van der Waals surface area contributed by atoms with Crippen molar-refractivity contribution in [2.45, 2.75) is 73.1 Å². The summed E-state index contributed by atoms with van der Waals surface area (Å²) >= 11 is 0. The second-order valence-electron chi connectivity index (χ2n) is 8.94.